The lowest BCUT2D eigenvalue weighted by atomic mass is 9.52. The highest BCUT2D eigenvalue weighted by Crippen LogP contribution is 2.56. The van der Waals surface area contributed by atoms with Gasteiger partial charge in [0.15, 0.2) is 0 Å². The van der Waals surface area contributed by atoms with Crippen LogP contribution in [0.15, 0.2) is 12.1 Å². The van der Waals surface area contributed by atoms with Crippen LogP contribution < -0.4 is 5.32 Å². The summed E-state index contributed by atoms with van der Waals surface area (Å²) in [5.74, 6) is 4.99. The molecule has 0 atom stereocenters. The number of carbonyl (C=O) groups is 1. The van der Waals surface area contributed by atoms with Gasteiger partial charge in [-0.3, -0.25) is 4.79 Å². The summed E-state index contributed by atoms with van der Waals surface area (Å²) in [6.45, 7) is 1.98. The number of nitrogens with zero attached hydrogens (tertiary/aromatic N) is 1. The molecular weight excluding hydrogens is 286 g/mol. The molecule has 1 heterocycles. The van der Waals surface area contributed by atoms with Gasteiger partial charge in [0.05, 0.1) is 0 Å². The van der Waals surface area contributed by atoms with Crippen LogP contribution >= 0.6 is 0 Å². The van der Waals surface area contributed by atoms with E-state index in [9.17, 15) is 4.79 Å². The quantitative estimate of drug-likeness (QED) is 0.878. The molecule has 4 bridgehead atoms. The highest BCUT2D eigenvalue weighted by atomic mass is 16.2. The van der Waals surface area contributed by atoms with Gasteiger partial charge in [-0.15, -0.1) is 0 Å². The molecule has 1 aromatic heterocycles. The van der Waals surface area contributed by atoms with Gasteiger partial charge in [-0.2, -0.15) is 0 Å². The molecule has 5 rings (SSSR count). The van der Waals surface area contributed by atoms with Crippen LogP contribution in [-0.4, -0.2) is 36.4 Å². The maximum Gasteiger partial charge on any atom is 0.269 e. The van der Waals surface area contributed by atoms with E-state index in [0.29, 0.717) is 5.69 Å². The molecule has 4 heteroatoms. The van der Waals surface area contributed by atoms with Crippen molar-refractivity contribution in [1.82, 2.24) is 15.2 Å². The van der Waals surface area contributed by atoms with E-state index >= 15 is 0 Å². The molecular formula is C19H29N3O. The molecule has 4 nitrogen and oxygen atoms in total. The van der Waals surface area contributed by atoms with Crippen molar-refractivity contribution in [1.29, 1.82) is 0 Å². The van der Waals surface area contributed by atoms with E-state index in [1.54, 1.807) is 19.0 Å². The molecule has 4 saturated carbocycles. The summed E-state index contributed by atoms with van der Waals surface area (Å²) in [6, 6.07) is 3.92. The highest BCUT2D eigenvalue weighted by molar-refractivity contribution is 5.92. The van der Waals surface area contributed by atoms with Crippen LogP contribution in [0.5, 0.6) is 0 Å². The normalized spacial score (nSPS) is 34.8. The first-order valence-corrected chi connectivity index (χ1v) is 9.20. The second-order valence-corrected chi connectivity index (χ2v) is 8.32. The Morgan fingerprint density at radius 3 is 2.39 bits per heavy atom. The average molecular weight is 315 g/mol. The summed E-state index contributed by atoms with van der Waals surface area (Å²) in [6.07, 6.45) is 7.48. The molecule has 0 saturated heterocycles. The molecule has 126 valence electrons. The van der Waals surface area contributed by atoms with E-state index in [4.69, 9.17) is 0 Å². The summed E-state index contributed by atoms with van der Waals surface area (Å²) in [4.78, 5) is 16.8. The van der Waals surface area contributed by atoms with Crippen molar-refractivity contribution >= 4 is 5.91 Å². The van der Waals surface area contributed by atoms with E-state index in [1.165, 1.54) is 32.1 Å². The zero-order valence-corrected chi connectivity index (χ0v) is 14.3. The summed E-state index contributed by atoms with van der Waals surface area (Å²) in [7, 11) is 3.57. The van der Waals surface area contributed by atoms with E-state index in [1.807, 2.05) is 12.1 Å². The third-order valence-electron chi connectivity index (χ3n) is 6.50. The maximum atomic E-state index is 11.9. The number of hydrogen-bond donors (Lipinski definition) is 2. The fraction of sp³-hybridized carbons (Fsp3) is 0.737. The molecule has 1 aromatic rings. The first kappa shape index (κ1) is 15.3. The average Bonchev–Trinajstić information content (AvgIpc) is 2.97. The van der Waals surface area contributed by atoms with E-state index < -0.39 is 0 Å². The van der Waals surface area contributed by atoms with Crippen LogP contribution in [0.2, 0.25) is 0 Å². The number of aromatic amines is 1. The van der Waals surface area contributed by atoms with Gasteiger partial charge in [0, 0.05) is 26.3 Å². The minimum absolute atomic E-state index is 0.0392. The predicted octanol–water partition coefficient (Wildman–Crippen LogP) is 2.88. The van der Waals surface area contributed by atoms with Crippen molar-refractivity contribution in [3.05, 3.63) is 23.5 Å². The molecule has 0 unspecified atom stereocenters. The van der Waals surface area contributed by atoms with Gasteiger partial charge in [0.1, 0.15) is 5.69 Å². The topological polar surface area (TPSA) is 48.1 Å². The fourth-order valence-electron chi connectivity index (χ4n) is 5.65. The van der Waals surface area contributed by atoms with Crippen molar-refractivity contribution in [2.45, 2.75) is 38.6 Å². The van der Waals surface area contributed by atoms with Crippen molar-refractivity contribution in [3.63, 3.8) is 0 Å². The zero-order chi connectivity index (χ0) is 16.0. The summed E-state index contributed by atoms with van der Waals surface area (Å²) in [5, 5.41) is 3.66. The Morgan fingerprint density at radius 2 is 1.78 bits per heavy atom. The second kappa shape index (κ2) is 5.97. The number of hydrogen-bond acceptors (Lipinski definition) is 2. The van der Waals surface area contributed by atoms with Crippen LogP contribution in [0.25, 0.3) is 0 Å². The number of H-pyrrole nitrogens is 1. The van der Waals surface area contributed by atoms with Crippen LogP contribution in [0, 0.1) is 29.6 Å². The van der Waals surface area contributed by atoms with Crippen molar-refractivity contribution in [2.75, 3.05) is 20.6 Å². The highest BCUT2D eigenvalue weighted by Gasteiger charge is 2.47. The van der Waals surface area contributed by atoms with Gasteiger partial charge in [0.2, 0.25) is 0 Å². The van der Waals surface area contributed by atoms with Gasteiger partial charge in [-0.25, -0.2) is 0 Å². The van der Waals surface area contributed by atoms with Gasteiger partial charge < -0.3 is 15.2 Å². The molecule has 0 aliphatic heterocycles. The number of amides is 1. The first-order chi connectivity index (χ1) is 11.1. The number of rotatable bonds is 5. The van der Waals surface area contributed by atoms with Crippen LogP contribution in [0.4, 0.5) is 0 Å². The standard InChI is InChI=1S/C19H29N3O/c1-22(2)19(23)18-4-3-16(21-18)10-20-11-17-14-6-12-5-13(8-14)9-15(17)7-12/h3-4,12-15,17,20-21H,5-11H2,1-2H3. The molecule has 0 aromatic carbocycles. The summed E-state index contributed by atoms with van der Waals surface area (Å²) >= 11 is 0. The Morgan fingerprint density at radius 1 is 1.13 bits per heavy atom. The van der Waals surface area contributed by atoms with Crippen molar-refractivity contribution < 1.29 is 4.79 Å². The molecule has 1 amide bonds. The second-order valence-electron chi connectivity index (χ2n) is 8.32. The third-order valence-corrected chi connectivity index (χ3v) is 6.50. The minimum atomic E-state index is 0.0392. The molecule has 4 aliphatic rings. The Labute approximate surface area is 139 Å². The van der Waals surface area contributed by atoms with Gasteiger partial charge in [-0.05, 0) is 80.4 Å². The lowest BCUT2D eigenvalue weighted by molar-refractivity contribution is -0.0355. The number of aromatic nitrogens is 1. The fourth-order valence-corrected chi connectivity index (χ4v) is 5.65. The van der Waals surface area contributed by atoms with Gasteiger partial charge in [0.25, 0.3) is 5.91 Å². The molecule has 4 aliphatic carbocycles. The van der Waals surface area contributed by atoms with Crippen molar-refractivity contribution in [3.8, 4) is 0 Å². The first-order valence-electron chi connectivity index (χ1n) is 9.20. The number of nitrogens with one attached hydrogen (secondary N) is 2. The number of carbonyl (C=O) groups excluding carboxylic acids is 1. The molecule has 2 N–H and O–H groups in total. The van der Waals surface area contributed by atoms with Crippen LogP contribution in [-0.2, 0) is 6.54 Å². The largest absolute Gasteiger partial charge is 0.353 e. The van der Waals surface area contributed by atoms with E-state index in [-0.39, 0.29) is 5.91 Å². The van der Waals surface area contributed by atoms with Crippen LogP contribution in [0.1, 0.15) is 48.3 Å². The van der Waals surface area contributed by atoms with Crippen LogP contribution in [0.3, 0.4) is 0 Å². The van der Waals surface area contributed by atoms with Crippen molar-refractivity contribution in [2.24, 2.45) is 29.6 Å². The lowest BCUT2D eigenvalue weighted by Gasteiger charge is -2.54. The lowest BCUT2D eigenvalue weighted by Crippen LogP contribution is -2.48. The molecule has 23 heavy (non-hydrogen) atoms. The Hall–Kier alpha value is -1.29. The smallest absolute Gasteiger partial charge is 0.269 e. The minimum Gasteiger partial charge on any atom is -0.353 e. The SMILES string of the molecule is CN(C)C(=O)c1ccc(CNCC2C3CC4CC(C3)CC2C4)[nH]1. The third kappa shape index (κ3) is 2.93. The summed E-state index contributed by atoms with van der Waals surface area (Å²) in [5.41, 5.74) is 1.79. The summed E-state index contributed by atoms with van der Waals surface area (Å²) < 4.78 is 0. The maximum absolute atomic E-state index is 11.9. The van der Waals surface area contributed by atoms with E-state index in [2.05, 4.69) is 10.3 Å². The zero-order valence-electron chi connectivity index (χ0n) is 14.3. The molecule has 4 fully saturated rings. The Bertz CT molecular complexity index is 549. The van der Waals surface area contributed by atoms with Gasteiger partial charge >= 0.3 is 0 Å². The van der Waals surface area contributed by atoms with E-state index in [0.717, 1.165) is 48.4 Å². The predicted molar refractivity (Wildman–Crippen MR) is 91.1 cm³/mol. The molecule has 0 radical (unpaired) electrons. The Balaban J connectivity index is 1.30. The monoisotopic (exact) mass is 315 g/mol. The molecule has 0 spiro atoms. The van der Waals surface area contributed by atoms with Gasteiger partial charge in [-0.1, -0.05) is 0 Å². The Kier molecular flexibility index (Phi) is 3.96.